The molecule has 1 amide bonds. The summed E-state index contributed by atoms with van der Waals surface area (Å²) in [6, 6.07) is 19.7. The van der Waals surface area contributed by atoms with Gasteiger partial charge in [-0.15, -0.1) is 0 Å². The van der Waals surface area contributed by atoms with Crippen LogP contribution in [-0.4, -0.2) is 54.7 Å². The number of hydrogen-bond donors (Lipinski definition) is 0. The molecular formula is C34H45N2O2+. The molecule has 0 N–H and O–H groups in total. The third kappa shape index (κ3) is 7.55. The fraction of sp³-hybridized carbons (Fsp3) is 0.441. The van der Waals surface area contributed by atoms with Gasteiger partial charge in [0.25, 0.3) is 5.91 Å². The van der Waals surface area contributed by atoms with E-state index in [4.69, 9.17) is 4.74 Å². The molecule has 202 valence electrons. The van der Waals surface area contributed by atoms with Crippen LogP contribution in [0.2, 0.25) is 0 Å². The van der Waals surface area contributed by atoms with Crippen LogP contribution in [0.1, 0.15) is 61.3 Å². The van der Waals surface area contributed by atoms with Crippen molar-refractivity contribution in [3.63, 3.8) is 0 Å². The molecule has 1 heterocycles. The zero-order valence-corrected chi connectivity index (χ0v) is 24.3. The van der Waals surface area contributed by atoms with Crippen LogP contribution in [0.25, 0.3) is 0 Å². The average Bonchev–Trinajstić information content (AvgIpc) is 2.81. The number of carbonyl (C=O) groups is 1. The van der Waals surface area contributed by atoms with Gasteiger partial charge in [0.2, 0.25) is 0 Å². The molecule has 0 saturated carbocycles. The lowest BCUT2D eigenvalue weighted by atomic mass is 10.0. The van der Waals surface area contributed by atoms with E-state index in [-0.39, 0.29) is 5.91 Å². The fourth-order valence-electron chi connectivity index (χ4n) is 6.25. The standard InChI is InChI=1S/C34H45N2O2/c1-25-14-26(2)18-31(17-25)23-35(34(37)33-21-29(5)16-30(6)22-33)8-7-9-36(10-12-38-13-11-36)24-32-19-27(3)15-28(4)20-32/h14-22H,7-13,23-24H2,1-6H3/q+1. The molecule has 1 fully saturated rings. The predicted molar refractivity (Wildman–Crippen MR) is 156 cm³/mol. The lowest BCUT2D eigenvalue weighted by Gasteiger charge is -2.42. The molecule has 3 aromatic rings. The van der Waals surface area contributed by atoms with Crippen molar-refractivity contribution in [3.8, 4) is 0 Å². The van der Waals surface area contributed by atoms with E-state index < -0.39 is 0 Å². The number of hydrogen-bond acceptors (Lipinski definition) is 2. The lowest BCUT2D eigenvalue weighted by Crippen LogP contribution is -2.55. The Morgan fingerprint density at radius 1 is 0.711 bits per heavy atom. The van der Waals surface area contributed by atoms with Crippen molar-refractivity contribution in [1.82, 2.24) is 4.90 Å². The Bertz CT molecular complexity index is 1210. The SMILES string of the molecule is Cc1cc(C)cc(CN(CCC[N+]2(Cc3cc(C)cc(C)c3)CCOCC2)C(=O)c2cc(C)cc(C)c2)c1. The number of amides is 1. The minimum Gasteiger partial charge on any atom is -0.370 e. The summed E-state index contributed by atoms with van der Waals surface area (Å²) in [7, 11) is 0. The number of ether oxygens (including phenoxy) is 1. The van der Waals surface area contributed by atoms with Crippen LogP contribution in [0, 0.1) is 41.5 Å². The maximum absolute atomic E-state index is 13.9. The Kier molecular flexibility index (Phi) is 9.07. The first-order chi connectivity index (χ1) is 18.1. The molecule has 4 rings (SSSR count). The molecular weight excluding hydrogens is 468 g/mol. The Balaban J connectivity index is 1.54. The first kappa shape index (κ1) is 28.1. The lowest BCUT2D eigenvalue weighted by molar-refractivity contribution is -0.947. The van der Waals surface area contributed by atoms with E-state index in [1.807, 2.05) is 12.1 Å². The maximum atomic E-state index is 13.9. The monoisotopic (exact) mass is 513 g/mol. The van der Waals surface area contributed by atoms with E-state index in [1.165, 1.54) is 33.4 Å². The molecule has 3 aromatic carbocycles. The summed E-state index contributed by atoms with van der Waals surface area (Å²) in [5, 5.41) is 0. The smallest absolute Gasteiger partial charge is 0.254 e. The summed E-state index contributed by atoms with van der Waals surface area (Å²) in [5.41, 5.74) is 10.8. The molecule has 0 bridgehead atoms. The minimum absolute atomic E-state index is 0.124. The van der Waals surface area contributed by atoms with Gasteiger partial charge in [0.1, 0.15) is 19.6 Å². The normalized spacial score (nSPS) is 14.9. The van der Waals surface area contributed by atoms with Crippen LogP contribution in [0.3, 0.4) is 0 Å². The van der Waals surface area contributed by atoms with Crippen LogP contribution in [-0.2, 0) is 17.8 Å². The highest BCUT2D eigenvalue weighted by Gasteiger charge is 2.31. The number of morpholine rings is 1. The summed E-state index contributed by atoms with van der Waals surface area (Å²) < 4.78 is 6.80. The van der Waals surface area contributed by atoms with Gasteiger partial charge in [-0.25, -0.2) is 0 Å². The zero-order chi connectivity index (χ0) is 27.3. The van der Waals surface area contributed by atoms with Crippen molar-refractivity contribution in [3.05, 3.63) is 105 Å². The molecule has 4 heteroatoms. The van der Waals surface area contributed by atoms with Crippen LogP contribution in [0.4, 0.5) is 0 Å². The van der Waals surface area contributed by atoms with E-state index in [9.17, 15) is 4.79 Å². The molecule has 0 atom stereocenters. The number of rotatable bonds is 9. The van der Waals surface area contributed by atoms with Crippen LogP contribution in [0.15, 0.2) is 54.6 Å². The highest BCUT2D eigenvalue weighted by Crippen LogP contribution is 2.22. The largest absolute Gasteiger partial charge is 0.370 e. The quantitative estimate of drug-likeness (QED) is 0.301. The third-order valence-corrected chi connectivity index (χ3v) is 7.69. The zero-order valence-electron chi connectivity index (χ0n) is 24.3. The van der Waals surface area contributed by atoms with Crippen molar-refractivity contribution in [2.75, 3.05) is 39.4 Å². The van der Waals surface area contributed by atoms with Crippen molar-refractivity contribution in [1.29, 1.82) is 0 Å². The minimum atomic E-state index is 0.124. The van der Waals surface area contributed by atoms with Gasteiger partial charge in [-0.3, -0.25) is 4.79 Å². The van der Waals surface area contributed by atoms with Crippen LogP contribution in [0.5, 0.6) is 0 Å². The van der Waals surface area contributed by atoms with E-state index in [0.29, 0.717) is 6.54 Å². The Morgan fingerprint density at radius 2 is 1.18 bits per heavy atom. The predicted octanol–water partition coefficient (Wildman–Crippen LogP) is 6.62. The summed E-state index contributed by atoms with van der Waals surface area (Å²) in [6.45, 7) is 19.9. The second-order valence-corrected chi connectivity index (χ2v) is 11.7. The molecule has 0 radical (unpaired) electrons. The van der Waals surface area contributed by atoms with E-state index in [0.717, 1.165) is 73.5 Å². The topological polar surface area (TPSA) is 29.5 Å². The summed E-state index contributed by atoms with van der Waals surface area (Å²) in [4.78, 5) is 15.9. The Labute approximate surface area is 229 Å². The third-order valence-electron chi connectivity index (χ3n) is 7.69. The van der Waals surface area contributed by atoms with Crippen molar-refractivity contribution in [2.45, 2.75) is 61.1 Å². The number of aryl methyl sites for hydroxylation is 6. The van der Waals surface area contributed by atoms with E-state index in [1.54, 1.807) is 0 Å². The average molecular weight is 514 g/mol. The van der Waals surface area contributed by atoms with Gasteiger partial charge < -0.3 is 14.1 Å². The second kappa shape index (κ2) is 12.3. The van der Waals surface area contributed by atoms with Gasteiger partial charge >= 0.3 is 0 Å². The highest BCUT2D eigenvalue weighted by molar-refractivity contribution is 5.94. The van der Waals surface area contributed by atoms with Gasteiger partial charge in [0, 0.05) is 30.6 Å². The van der Waals surface area contributed by atoms with Gasteiger partial charge in [-0.2, -0.15) is 0 Å². The fourth-order valence-corrected chi connectivity index (χ4v) is 6.25. The van der Waals surface area contributed by atoms with Crippen molar-refractivity contribution >= 4 is 5.91 Å². The molecule has 0 unspecified atom stereocenters. The van der Waals surface area contributed by atoms with Crippen molar-refractivity contribution < 1.29 is 14.0 Å². The number of quaternary nitrogens is 1. The molecule has 1 saturated heterocycles. The van der Waals surface area contributed by atoms with Gasteiger partial charge in [0.15, 0.2) is 0 Å². The Morgan fingerprint density at radius 3 is 1.71 bits per heavy atom. The first-order valence-corrected chi connectivity index (χ1v) is 14.1. The molecule has 0 spiro atoms. The molecule has 1 aliphatic rings. The molecule has 38 heavy (non-hydrogen) atoms. The molecule has 0 aliphatic carbocycles. The summed E-state index contributed by atoms with van der Waals surface area (Å²) in [5.74, 6) is 0.124. The number of benzene rings is 3. The maximum Gasteiger partial charge on any atom is 0.254 e. The van der Waals surface area contributed by atoms with Crippen molar-refractivity contribution in [2.24, 2.45) is 0 Å². The van der Waals surface area contributed by atoms with Gasteiger partial charge in [-0.1, -0.05) is 75.8 Å². The molecule has 0 aromatic heterocycles. The summed E-state index contributed by atoms with van der Waals surface area (Å²) >= 11 is 0. The van der Waals surface area contributed by atoms with Gasteiger partial charge in [0.05, 0.1) is 19.8 Å². The van der Waals surface area contributed by atoms with Crippen LogP contribution < -0.4 is 0 Å². The highest BCUT2D eigenvalue weighted by atomic mass is 16.5. The van der Waals surface area contributed by atoms with E-state index >= 15 is 0 Å². The molecule has 4 nitrogen and oxygen atoms in total. The molecule has 1 aliphatic heterocycles. The van der Waals surface area contributed by atoms with Crippen LogP contribution >= 0.6 is 0 Å². The Hall–Kier alpha value is -2.95. The van der Waals surface area contributed by atoms with E-state index in [2.05, 4.69) is 88.9 Å². The first-order valence-electron chi connectivity index (χ1n) is 14.1. The van der Waals surface area contributed by atoms with Gasteiger partial charge in [-0.05, 0) is 59.2 Å². The number of carbonyl (C=O) groups excluding carboxylic acids is 1. The second-order valence-electron chi connectivity index (χ2n) is 11.7. The summed E-state index contributed by atoms with van der Waals surface area (Å²) in [6.07, 6.45) is 0.964. The number of nitrogens with zero attached hydrogens (tertiary/aromatic N) is 2.